The van der Waals surface area contributed by atoms with E-state index in [4.69, 9.17) is 0 Å². The van der Waals surface area contributed by atoms with Gasteiger partial charge in [0.1, 0.15) is 0 Å². The number of hydrogen-bond donors (Lipinski definition) is 0. The third kappa shape index (κ3) is 9.84. The van der Waals surface area contributed by atoms with E-state index in [0.29, 0.717) is 0 Å². The quantitative estimate of drug-likeness (QED) is 0.118. The normalized spacial score (nSPS) is 11.3. The maximum absolute atomic E-state index is 2.41. The van der Waals surface area contributed by atoms with E-state index < -0.39 is 0 Å². The zero-order chi connectivity index (χ0) is 56.5. The fourth-order valence-electron chi connectivity index (χ4n) is 12.7. The smallest absolute Gasteiger partial charge is 0.0462 e. The minimum absolute atomic E-state index is 1.06. The van der Waals surface area contributed by atoms with E-state index in [1.165, 1.54) is 116 Å². The molecule has 1 heteroatoms. The van der Waals surface area contributed by atoms with Crippen LogP contribution in [0.4, 0.5) is 17.1 Å². The maximum Gasteiger partial charge on any atom is 0.0462 e. The van der Waals surface area contributed by atoms with Crippen molar-refractivity contribution >= 4 is 49.4 Å². The number of nitrogens with zero attached hydrogens (tertiary/aromatic N) is 1. The second kappa shape index (κ2) is 22.3. The van der Waals surface area contributed by atoms with E-state index in [0.717, 1.165) is 33.8 Å². The summed E-state index contributed by atoms with van der Waals surface area (Å²) in [7, 11) is 0. The van der Waals surface area contributed by atoms with Crippen molar-refractivity contribution in [2.24, 2.45) is 0 Å². The molecular formula is C84H57N. The van der Waals surface area contributed by atoms with Crippen molar-refractivity contribution in [2.45, 2.75) is 0 Å². The molecule has 0 saturated heterocycles. The molecule has 0 atom stereocenters. The van der Waals surface area contributed by atoms with Crippen LogP contribution in [0.15, 0.2) is 346 Å². The van der Waals surface area contributed by atoms with Crippen molar-refractivity contribution in [1.82, 2.24) is 0 Å². The van der Waals surface area contributed by atoms with E-state index in [1.54, 1.807) is 0 Å². The Morgan fingerprint density at radius 3 is 0.624 bits per heavy atom. The molecule has 85 heavy (non-hydrogen) atoms. The maximum atomic E-state index is 2.41. The Hall–Kier alpha value is -11.1. The van der Waals surface area contributed by atoms with Gasteiger partial charge in [0.2, 0.25) is 0 Å². The van der Waals surface area contributed by atoms with Crippen molar-refractivity contribution in [3.05, 3.63) is 346 Å². The van der Waals surface area contributed by atoms with Gasteiger partial charge in [-0.3, -0.25) is 0 Å². The lowest BCUT2D eigenvalue weighted by Gasteiger charge is -2.27. The lowest BCUT2D eigenvalue weighted by Crippen LogP contribution is -2.10. The largest absolute Gasteiger partial charge is 0.311 e. The highest BCUT2D eigenvalue weighted by Crippen LogP contribution is 2.46. The van der Waals surface area contributed by atoms with Crippen LogP contribution in [-0.2, 0) is 0 Å². The molecule has 15 rings (SSSR count). The van der Waals surface area contributed by atoms with Crippen LogP contribution in [0.1, 0.15) is 0 Å². The summed E-state index contributed by atoms with van der Waals surface area (Å²) in [4.78, 5) is 2.41. The molecule has 15 aromatic carbocycles. The minimum Gasteiger partial charge on any atom is -0.311 e. The Bertz CT molecular complexity index is 4350. The van der Waals surface area contributed by atoms with Crippen LogP contribution < -0.4 is 4.90 Å². The van der Waals surface area contributed by atoms with Gasteiger partial charge in [0.15, 0.2) is 0 Å². The first kappa shape index (κ1) is 50.8. The fraction of sp³-hybridized carbons (Fsp3) is 0. The number of hydrogen-bond acceptors (Lipinski definition) is 1. The van der Waals surface area contributed by atoms with Gasteiger partial charge in [-0.2, -0.15) is 0 Å². The Balaban J connectivity index is 0.876. The molecule has 0 unspecified atom stereocenters. The molecule has 0 fully saturated rings. The molecule has 0 aliphatic heterocycles. The summed E-state index contributed by atoms with van der Waals surface area (Å²) in [5.41, 5.74) is 24.7. The molecule has 0 saturated carbocycles. The first-order valence-electron chi connectivity index (χ1n) is 29.3. The Morgan fingerprint density at radius 1 is 0.153 bits per heavy atom. The summed E-state index contributed by atoms with van der Waals surface area (Å²) in [6.45, 7) is 0. The molecule has 0 bridgehead atoms. The predicted octanol–water partition coefficient (Wildman–Crippen LogP) is 23.6. The van der Waals surface area contributed by atoms with Crippen LogP contribution in [-0.4, -0.2) is 0 Å². The van der Waals surface area contributed by atoms with Gasteiger partial charge >= 0.3 is 0 Å². The minimum atomic E-state index is 1.06. The highest BCUT2D eigenvalue weighted by Gasteiger charge is 2.20. The highest BCUT2D eigenvalue weighted by atomic mass is 15.1. The van der Waals surface area contributed by atoms with Crippen LogP contribution in [0, 0.1) is 0 Å². The lowest BCUT2D eigenvalue weighted by molar-refractivity contribution is 1.28. The van der Waals surface area contributed by atoms with Gasteiger partial charge in [-0.15, -0.1) is 0 Å². The van der Waals surface area contributed by atoms with Gasteiger partial charge < -0.3 is 4.90 Å². The number of anilines is 3. The first-order valence-corrected chi connectivity index (χ1v) is 29.3. The molecule has 15 aromatic rings. The van der Waals surface area contributed by atoms with E-state index in [2.05, 4.69) is 351 Å². The fourth-order valence-corrected chi connectivity index (χ4v) is 12.7. The van der Waals surface area contributed by atoms with Crippen LogP contribution in [0.2, 0.25) is 0 Å². The van der Waals surface area contributed by atoms with Crippen molar-refractivity contribution < 1.29 is 0 Å². The third-order valence-corrected chi connectivity index (χ3v) is 16.9. The molecule has 0 amide bonds. The monoisotopic (exact) mass is 1080 g/mol. The van der Waals surface area contributed by atoms with E-state index in [-0.39, 0.29) is 0 Å². The van der Waals surface area contributed by atoms with Crippen LogP contribution in [0.3, 0.4) is 0 Å². The van der Waals surface area contributed by atoms with Crippen molar-refractivity contribution in [2.75, 3.05) is 4.90 Å². The molecular weight excluding hydrogens is 1020 g/mol. The topological polar surface area (TPSA) is 3.24 Å². The number of fused-ring (bicyclic) bond motifs is 3. The molecule has 0 spiro atoms. The molecule has 398 valence electrons. The van der Waals surface area contributed by atoms with Gasteiger partial charge in [0.05, 0.1) is 0 Å². The zero-order valence-corrected chi connectivity index (χ0v) is 46.9. The van der Waals surface area contributed by atoms with Gasteiger partial charge in [0, 0.05) is 17.1 Å². The number of benzene rings is 15. The van der Waals surface area contributed by atoms with Crippen LogP contribution >= 0.6 is 0 Å². The number of rotatable bonds is 12. The summed E-state index contributed by atoms with van der Waals surface area (Å²) in [5.74, 6) is 0. The summed E-state index contributed by atoms with van der Waals surface area (Å²) in [6.07, 6.45) is 0. The standard InChI is InChI=1S/C84H57N/c1-7-19-58(20-8-1)67-37-49-79-70(55-67)40-52-76(61-25-13-4-14-26-61)82(79)64-31-43-73(44-32-64)85(74-45-33-65(34-46-74)83-77(62-27-15-5-16-28-62)53-41-71-56-68(38-50-80(71)83)59-21-9-2-10-22-59)75-47-35-66(36-48-75)84-78(63-29-17-6-18-30-63)54-42-72-57-69(39-51-81(72)84)60-23-11-3-12-24-60/h1-57H. The summed E-state index contributed by atoms with van der Waals surface area (Å²) in [6, 6.07) is 127. The lowest BCUT2D eigenvalue weighted by atomic mass is 9.88. The molecule has 1 nitrogen and oxygen atoms in total. The molecule has 0 radical (unpaired) electrons. The molecule has 0 aliphatic rings. The third-order valence-electron chi connectivity index (χ3n) is 16.9. The molecule has 0 aliphatic carbocycles. The van der Waals surface area contributed by atoms with Crippen molar-refractivity contribution in [1.29, 1.82) is 0 Å². The first-order chi connectivity index (χ1) is 42.1. The van der Waals surface area contributed by atoms with E-state index >= 15 is 0 Å². The average Bonchev–Trinajstić information content (AvgIpc) is 2.15. The van der Waals surface area contributed by atoms with Crippen LogP contribution in [0.5, 0.6) is 0 Å². The Kier molecular flexibility index (Phi) is 13.3. The second-order valence-electron chi connectivity index (χ2n) is 21.9. The molecule has 0 aromatic heterocycles. The van der Waals surface area contributed by atoms with E-state index in [1.807, 2.05) is 0 Å². The van der Waals surface area contributed by atoms with Crippen LogP contribution in [0.25, 0.3) is 132 Å². The Labute approximate surface area is 497 Å². The van der Waals surface area contributed by atoms with Gasteiger partial charge in [-0.1, -0.05) is 291 Å². The average molecular weight is 1080 g/mol. The van der Waals surface area contributed by atoms with Gasteiger partial charge in [0.25, 0.3) is 0 Å². The van der Waals surface area contributed by atoms with Gasteiger partial charge in [-0.25, -0.2) is 0 Å². The van der Waals surface area contributed by atoms with E-state index in [9.17, 15) is 0 Å². The van der Waals surface area contributed by atoms with Crippen molar-refractivity contribution in [3.63, 3.8) is 0 Å². The summed E-state index contributed by atoms with van der Waals surface area (Å²) in [5, 5.41) is 7.28. The zero-order valence-electron chi connectivity index (χ0n) is 46.9. The Morgan fingerprint density at radius 2 is 0.376 bits per heavy atom. The SMILES string of the molecule is c1ccc(-c2ccc3c(-c4ccc(N(c5ccc(-c6c(-c7ccccc7)ccc7cc(-c8ccccc8)ccc67)cc5)c5ccc(-c6c(-c7ccccc7)ccc7cc(-c8ccccc8)ccc67)cc5)cc4)c(-c4ccccc4)ccc3c2)cc1. The summed E-state index contributed by atoms with van der Waals surface area (Å²) >= 11 is 0. The predicted molar refractivity (Wildman–Crippen MR) is 363 cm³/mol. The van der Waals surface area contributed by atoms with Crippen molar-refractivity contribution in [3.8, 4) is 100 Å². The van der Waals surface area contributed by atoms with Gasteiger partial charge in [-0.05, 0) is 187 Å². The second-order valence-corrected chi connectivity index (χ2v) is 21.9. The molecule has 0 heterocycles. The molecule has 0 N–H and O–H groups in total. The summed E-state index contributed by atoms with van der Waals surface area (Å²) < 4.78 is 0. The highest BCUT2D eigenvalue weighted by molar-refractivity contribution is 6.08.